The van der Waals surface area contributed by atoms with Crippen LogP contribution in [0, 0.1) is 0 Å². The third kappa shape index (κ3) is 4.18. The van der Waals surface area contributed by atoms with Gasteiger partial charge in [0.1, 0.15) is 12.2 Å². The monoisotopic (exact) mass is 340 g/mol. The van der Waals surface area contributed by atoms with Gasteiger partial charge in [0, 0.05) is 0 Å². The number of rotatable bonds is 4. The van der Waals surface area contributed by atoms with Crippen molar-refractivity contribution in [1.29, 1.82) is 0 Å². The molecule has 0 unspecified atom stereocenters. The molecule has 0 spiro atoms. The molecule has 0 saturated carbocycles. The highest BCUT2D eigenvalue weighted by atomic mass is 16.7. The molecule has 2 rings (SSSR count). The molecule has 2 aliphatic heterocycles. The van der Waals surface area contributed by atoms with Gasteiger partial charge in [0.15, 0.2) is 12.2 Å². The van der Waals surface area contributed by atoms with Crippen LogP contribution in [0.1, 0.15) is 0 Å². The topological polar surface area (TPSA) is 129 Å². The lowest BCUT2D eigenvalue weighted by Crippen LogP contribution is -2.40. The lowest BCUT2D eigenvalue weighted by Gasteiger charge is -2.17. The first-order valence-electron chi connectivity index (χ1n) is 6.96. The van der Waals surface area contributed by atoms with Crippen molar-refractivity contribution in [3.05, 3.63) is 25.3 Å². The fraction of sp³-hybridized carbons (Fsp3) is 0.429. The Labute approximate surface area is 136 Å². The molecule has 4 amide bonds. The molecule has 2 heterocycles. The van der Waals surface area contributed by atoms with Gasteiger partial charge in [0.05, 0.1) is 13.2 Å². The Morgan fingerprint density at radius 3 is 1.54 bits per heavy atom. The number of imide groups is 2. The van der Waals surface area contributed by atoms with Crippen molar-refractivity contribution in [2.75, 3.05) is 13.2 Å². The SMILES string of the molecule is C=CC(=O)NC(=O)O[C@@H]1CO[C@H]2[C@@H]1OC[C@H]2OC(=O)NC(=O)C=C. The maximum atomic E-state index is 11.5. The van der Waals surface area contributed by atoms with E-state index in [-0.39, 0.29) is 13.2 Å². The molecular weight excluding hydrogens is 324 g/mol. The van der Waals surface area contributed by atoms with Crippen LogP contribution in [-0.4, -0.2) is 61.6 Å². The van der Waals surface area contributed by atoms with Gasteiger partial charge in [-0.15, -0.1) is 0 Å². The molecular formula is C14H16N2O8. The number of alkyl carbamates (subject to hydrolysis) is 2. The predicted octanol–water partition coefficient (Wildman–Crippen LogP) is -0.601. The Balaban J connectivity index is 1.85. The summed E-state index contributed by atoms with van der Waals surface area (Å²) >= 11 is 0. The average Bonchev–Trinajstić information content (AvgIpc) is 3.11. The van der Waals surface area contributed by atoms with Gasteiger partial charge in [0.25, 0.3) is 11.8 Å². The van der Waals surface area contributed by atoms with Crippen molar-refractivity contribution in [3.8, 4) is 0 Å². The summed E-state index contributed by atoms with van der Waals surface area (Å²) in [6.07, 6.45) is -2.90. The zero-order valence-corrected chi connectivity index (χ0v) is 12.6. The fourth-order valence-electron chi connectivity index (χ4n) is 2.27. The average molecular weight is 340 g/mol. The molecule has 2 aliphatic rings. The molecule has 0 bridgehead atoms. The highest BCUT2D eigenvalue weighted by molar-refractivity contribution is 5.98. The van der Waals surface area contributed by atoms with Crippen LogP contribution in [0.5, 0.6) is 0 Å². The van der Waals surface area contributed by atoms with E-state index in [4.69, 9.17) is 18.9 Å². The van der Waals surface area contributed by atoms with Gasteiger partial charge in [-0.1, -0.05) is 13.2 Å². The minimum Gasteiger partial charge on any atom is -0.441 e. The van der Waals surface area contributed by atoms with Crippen LogP contribution in [0.4, 0.5) is 9.59 Å². The predicted molar refractivity (Wildman–Crippen MR) is 76.7 cm³/mol. The molecule has 24 heavy (non-hydrogen) atoms. The lowest BCUT2D eigenvalue weighted by atomic mass is 10.1. The molecule has 4 atom stereocenters. The number of hydrogen-bond donors (Lipinski definition) is 2. The summed E-state index contributed by atoms with van der Waals surface area (Å²) in [4.78, 5) is 45.1. The van der Waals surface area contributed by atoms with Gasteiger partial charge in [-0.25, -0.2) is 9.59 Å². The normalized spacial score (nSPS) is 27.5. The first kappa shape index (κ1) is 17.6. The first-order valence-corrected chi connectivity index (χ1v) is 6.96. The minimum absolute atomic E-state index is 0.0120. The molecule has 0 radical (unpaired) electrons. The van der Waals surface area contributed by atoms with Crippen LogP contribution in [0.2, 0.25) is 0 Å². The van der Waals surface area contributed by atoms with Crippen LogP contribution < -0.4 is 10.6 Å². The first-order chi connectivity index (χ1) is 11.4. The molecule has 0 aliphatic carbocycles. The minimum atomic E-state index is -0.962. The van der Waals surface area contributed by atoms with E-state index in [1.807, 2.05) is 10.6 Å². The van der Waals surface area contributed by atoms with Crippen molar-refractivity contribution >= 4 is 24.0 Å². The van der Waals surface area contributed by atoms with Crippen LogP contribution >= 0.6 is 0 Å². The summed E-state index contributed by atoms with van der Waals surface area (Å²) in [5.41, 5.74) is 0. The van der Waals surface area contributed by atoms with Gasteiger partial charge < -0.3 is 18.9 Å². The van der Waals surface area contributed by atoms with E-state index in [1.54, 1.807) is 0 Å². The van der Waals surface area contributed by atoms with Crippen molar-refractivity contribution in [2.45, 2.75) is 24.4 Å². The van der Waals surface area contributed by atoms with E-state index in [0.29, 0.717) is 0 Å². The molecule has 10 heteroatoms. The second-order valence-corrected chi connectivity index (χ2v) is 4.87. The van der Waals surface area contributed by atoms with E-state index >= 15 is 0 Å². The summed E-state index contributed by atoms with van der Waals surface area (Å²) in [5.74, 6) is -1.40. The number of amides is 4. The Morgan fingerprint density at radius 2 is 1.21 bits per heavy atom. The van der Waals surface area contributed by atoms with E-state index in [9.17, 15) is 19.2 Å². The number of ether oxygens (including phenoxy) is 4. The van der Waals surface area contributed by atoms with Gasteiger partial charge >= 0.3 is 12.2 Å². The largest absolute Gasteiger partial charge is 0.441 e. The molecule has 2 saturated heterocycles. The van der Waals surface area contributed by atoms with Crippen molar-refractivity contribution in [2.24, 2.45) is 0 Å². The van der Waals surface area contributed by atoms with Crippen molar-refractivity contribution in [3.63, 3.8) is 0 Å². The van der Waals surface area contributed by atoms with Gasteiger partial charge in [0.2, 0.25) is 0 Å². The van der Waals surface area contributed by atoms with Crippen molar-refractivity contribution in [1.82, 2.24) is 10.6 Å². The summed E-state index contributed by atoms with van der Waals surface area (Å²) in [7, 11) is 0. The molecule has 2 N–H and O–H groups in total. The molecule has 130 valence electrons. The summed E-state index contributed by atoms with van der Waals surface area (Å²) in [6.45, 7) is 6.44. The van der Waals surface area contributed by atoms with E-state index in [0.717, 1.165) is 12.2 Å². The zero-order chi connectivity index (χ0) is 17.7. The Bertz CT molecular complexity index is 525. The van der Waals surface area contributed by atoms with Gasteiger partial charge in [-0.3, -0.25) is 20.2 Å². The van der Waals surface area contributed by atoms with Crippen LogP contribution in [0.3, 0.4) is 0 Å². The molecule has 2 fully saturated rings. The van der Waals surface area contributed by atoms with Crippen LogP contribution in [-0.2, 0) is 28.5 Å². The Morgan fingerprint density at radius 1 is 0.833 bits per heavy atom. The van der Waals surface area contributed by atoms with E-state index in [1.165, 1.54) is 0 Å². The quantitative estimate of drug-likeness (QED) is 0.649. The van der Waals surface area contributed by atoms with Crippen LogP contribution in [0.15, 0.2) is 25.3 Å². The standard InChI is InChI=1S/C14H16N2O8/c1-3-9(17)15-13(19)23-7-5-21-12-8(6-22-11(7)12)24-14(20)16-10(18)4-2/h3-4,7-8,11-12H,1-2,5-6H2,(H,15,17,19)(H,16,18,20)/t7-,8-,11-,12-/m1/s1. The molecule has 0 aromatic rings. The highest BCUT2D eigenvalue weighted by Gasteiger charge is 2.51. The summed E-state index contributed by atoms with van der Waals surface area (Å²) in [6, 6.07) is 0. The maximum absolute atomic E-state index is 11.5. The maximum Gasteiger partial charge on any atom is 0.414 e. The van der Waals surface area contributed by atoms with Gasteiger partial charge in [-0.05, 0) is 12.2 Å². The van der Waals surface area contributed by atoms with Crippen molar-refractivity contribution < 1.29 is 38.1 Å². The molecule has 0 aromatic heterocycles. The zero-order valence-electron chi connectivity index (χ0n) is 12.6. The third-order valence-corrected chi connectivity index (χ3v) is 3.30. The van der Waals surface area contributed by atoms with Crippen LogP contribution in [0.25, 0.3) is 0 Å². The van der Waals surface area contributed by atoms with E-state index in [2.05, 4.69) is 13.2 Å². The molecule has 10 nitrogen and oxygen atoms in total. The number of carbonyl (C=O) groups is 4. The molecule has 0 aromatic carbocycles. The summed E-state index contributed by atoms with van der Waals surface area (Å²) in [5, 5.41) is 3.87. The van der Waals surface area contributed by atoms with E-state index < -0.39 is 48.4 Å². The highest BCUT2D eigenvalue weighted by Crippen LogP contribution is 2.30. The fourth-order valence-corrected chi connectivity index (χ4v) is 2.27. The number of hydrogen-bond acceptors (Lipinski definition) is 8. The van der Waals surface area contributed by atoms with Gasteiger partial charge in [-0.2, -0.15) is 0 Å². The lowest BCUT2D eigenvalue weighted by molar-refractivity contribution is -0.117. The summed E-state index contributed by atoms with van der Waals surface area (Å²) < 4.78 is 20.9. The number of nitrogens with one attached hydrogen (secondary N) is 2. The Kier molecular flexibility index (Phi) is 5.66. The number of carbonyl (C=O) groups excluding carboxylic acids is 4. The second-order valence-electron chi connectivity index (χ2n) is 4.87. The third-order valence-electron chi connectivity index (χ3n) is 3.30. The smallest absolute Gasteiger partial charge is 0.414 e. The Hall–Kier alpha value is -2.72. The second kappa shape index (κ2) is 7.70. The number of fused-ring (bicyclic) bond motifs is 1.